The third-order valence-corrected chi connectivity index (χ3v) is 5.61. The Morgan fingerprint density at radius 2 is 1.31 bits per heavy atom. The maximum Gasteiger partial charge on any atom is 0.329 e. The van der Waals surface area contributed by atoms with Gasteiger partial charge in [-0.05, 0) is 36.8 Å². The van der Waals surface area contributed by atoms with Gasteiger partial charge < -0.3 is 33.5 Å². The van der Waals surface area contributed by atoms with Gasteiger partial charge in [-0.15, -0.1) is 0 Å². The topological polar surface area (TPSA) is 92.7 Å². The molecule has 36 heavy (non-hydrogen) atoms. The van der Waals surface area contributed by atoms with Crippen molar-refractivity contribution in [3.8, 4) is 23.0 Å². The highest BCUT2D eigenvalue weighted by Crippen LogP contribution is 2.34. The first-order valence-corrected chi connectivity index (χ1v) is 11.8. The molecule has 8 heteroatoms. The van der Waals surface area contributed by atoms with Gasteiger partial charge in [-0.25, -0.2) is 4.79 Å². The molecule has 0 bridgehead atoms. The van der Waals surface area contributed by atoms with Crippen molar-refractivity contribution in [1.82, 2.24) is 0 Å². The number of aryl methyl sites for hydroxylation is 1. The Hall–Kier alpha value is -3.75. The summed E-state index contributed by atoms with van der Waals surface area (Å²) in [5.74, 6) is 1.01. The highest BCUT2D eigenvalue weighted by atomic mass is 16.6. The molecule has 1 aliphatic heterocycles. The van der Waals surface area contributed by atoms with Crippen molar-refractivity contribution in [3.05, 3.63) is 83.9 Å². The molecule has 1 N–H and O–H groups in total. The number of fused-ring (bicyclic) bond motifs is 2. The summed E-state index contributed by atoms with van der Waals surface area (Å²) in [7, 11) is 0. The Balaban J connectivity index is 1.73. The van der Waals surface area contributed by atoms with E-state index in [0.29, 0.717) is 49.4 Å². The summed E-state index contributed by atoms with van der Waals surface area (Å²) in [6.07, 6.45) is 0. The van der Waals surface area contributed by atoms with Gasteiger partial charge in [0.2, 0.25) is 0 Å². The largest absolute Gasteiger partial charge is 0.487 e. The second-order valence-corrected chi connectivity index (χ2v) is 8.33. The lowest BCUT2D eigenvalue weighted by molar-refractivity contribution is -0.157. The Kier molecular flexibility index (Phi) is 8.65. The lowest BCUT2D eigenvalue weighted by Crippen LogP contribution is -2.43. The molecule has 0 atom stereocenters. The fourth-order valence-corrected chi connectivity index (χ4v) is 3.79. The van der Waals surface area contributed by atoms with Gasteiger partial charge in [0.15, 0.2) is 28.6 Å². The number of carboxylic acid groups (broad SMARTS) is 1. The molecule has 0 saturated carbocycles. The van der Waals surface area contributed by atoms with Crippen LogP contribution in [0.15, 0.2) is 72.8 Å². The predicted octanol–water partition coefficient (Wildman–Crippen LogP) is 4.24. The predicted molar refractivity (Wildman–Crippen MR) is 132 cm³/mol. The smallest absolute Gasteiger partial charge is 0.329 e. The number of para-hydroxylation sites is 4. The van der Waals surface area contributed by atoms with E-state index >= 15 is 0 Å². The van der Waals surface area contributed by atoms with Crippen LogP contribution in [-0.4, -0.2) is 57.3 Å². The molecule has 4 rings (SSSR count). The lowest BCUT2D eigenvalue weighted by atomic mass is 9.93. The van der Waals surface area contributed by atoms with E-state index in [-0.39, 0.29) is 13.2 Å². The molecule has 190 valence electrons. The van der Waals surface area contributed by atoms with Crippen molar-refractivity contribution in [2.75, 3.05) is 46.2 Å². The van der Waals surface area contributed by atoms with Crippen LogP contribution in [0.5, 0.6) is 23.0 Å². The molecule has 0 spiro atoms. The molecule has 1 aliphatic rings. The average molecular weight is 495 g/mol. The maximum atomic E-state index is 11.6. The highest BCUT2D eigenvalue weighted by Gasteiger charge is 2.37. The minimum absolute atomic E-state index is 0.0242. The van der Waals surface area contributed by atoms with E-state index in [1.54, 1.807) is 24.3 Å². The first-order chi connectivity index (χ1) is 17.6. The molecule has 0 aromatic heterocycles. The Morgan fingerprint density at radius 1 is 0.778 bits per heavy atom. The van der Waals surface area contributed by atoms with Crippen molar-refractivity contribution >= 4 is 5.97 Å². The summed E-state index contributed by atoms with van der Waals surface area (Å²) in [6, 6.07) is 22.3. The van der Waals surface area contributed by atoms with Crippen molar-refractivity contribution in [2.24, 2.45) is 0 Å². The third-order valence-electron chi connectivity index (χ3n) is 5.61. The number of hydrogen-bond donors (Lipinski definition) is 1. The van der Waals surface area contributed by atoms with Gasteiger partial charge in [-0.1, -0.05) is 54.1 Å². The minimum atomic E-state index is -1.25. The van der Waals surface area contributed by atoms with Crippen molar-refractivity contribution in [1.29, 1.82) is 0 Å². The van der Waals surface area contributed by atoms with E-state index in [2.05, 4.69) is 0 Å². The number of rotatable bonds is 4. The van der Waals surface area contributed by atoms with Gasteiger partial charge in [0.05, 0.1) is 13.2 Å². The highest BCUT2D eigenvalue weighted by molar-refractivity contribution is 5.68. The fourth-order valence-electron chi connectivity index (χ4n) is 3.79. The van der Waals surface area contributed by atoms with Gasteiger partial charge in [0.25, 0.3) is 0 Å². The number of ether oxygens (including phenoxy) is 6. The first kappa shape index (κ1) is 25.3. The van der Waals surface area contributed by atoms with E-state index in [1.165, 1.54) is 0 Å². The summed E-state index contributed by atoms with van der Waals surface area (Å²) in [5.41, 5.74) is 0.477. The van der Waals surface area contributed by atoms with E-state index in [9.17, 15) is 9.90 Å². The second kappa shape index (κ2) is 12.3. The second-order valence-electron chi connectivity index (χ2n) is 8.33. The molecule has 0 aliphatic carbocycles. The maximum absolute atomic E-state index is 11.6. The zero-order chi connectivity index (χ0) is 25.2. The molecule has 8 nitrogen and oxygen atoms in total. The molecule has 1 heterocycles. The molecule has 0 radical (unpaired) electrons. The summed E-state index contributed by atoms with van der Waals surface area (Å²) < 4.78 is 35.9. The van der Waals surface area contributed by atoms with Crippen LogP contribution in [0.3, 0.4) is 0 Å². The lowest BCUT2D eigenvalue weighted by Gasteiger charge is -2.34. The van der Waals surface area contributed by atoms with Crippen molar-refractivity contribution in [3.63, 3.8) is 0 Å². The standard InChI is InChI=1S/C28H30O8/c1-21-7-6-8-22(17-21)28(36-18-27(29)30)19-34-25-11-4-2-9-23(25)32-15-13-31-14-16-33-24-10-3-5-12-26(24)35-20-28/h2-12,17H,13-16,18-20H2,1H3,(H,29,30). The van der Waals surface area contributed by atoms with E-state index in [1.807, 2.05) is 55.5 Å². The van der Waals surface area contributed by atoms with E-state index < -0.39 is 18.2 Å². The van der Waals surface area contributed by atoms with Crippen LogP contribution in [-0.2, 0) is 19.9 Å². The Labute approximate surface area is 210 Å². The minimum Gasteiger partial charge on any atom is -0.487 e. The number of benzene rings is 3. The van der Waals surface area contributed by atoms with Gasteiger partial charge in [0, 0.05) is 0 Å². The monoisotopic (exact) mass is 494 g/mol. The van der Waals surface area contributed by atoms with Gasteiger partial charge in [0.1, 0.15) is 33.0 Å². The van der Waals surface area contributed by atoms with Crippen LogP contribution in [0.4, 0.5) is 0 Å². The number of aliphatic carboxylic acids is 1. The first-order valence-electron chi connectivity index (χ1n) is 11.8. The third kappa shape index (κ3) is 6.68. The normalized spacial score (nSPS) is 16.1. The van der Waals surface area contributed by atoms with Crippen LogP contribution in [0.25, 0.3) is 0 Å². The summed E-state index contributed by atoms with van der Waals surface area (Å²) >= 11 is 0. The van der Waals surface area contributed by atoms with Crippen LogP contribution < -0.4 is 18.9 Å². The zero-order valence-corrected chi connectivity index (χ0v) is 20.2. The molecular weight excluding hydrogens is 464 g/mol. The quantitative estimate of drug-likeness (QED) is 0.576. The number of hydrogen-bond acceptors (Lipinski definition) is 7. The molecule has 0 amide bonds. The van der Waals surface area contributed by atoms with E-state index in [0.717, 1.165) is 11.1 Å². The van der Waals surface area contributed by atoms with Gasteiger partial charge in [-0.2, -0.15) is 0 Å². The summed E-state index contributed by atoms with van der Waals surface area (Å²) in [4.78, 5) is 11.6. The molecular formula is C28H30O8. The van der Waals surface area contributed by atoms with Crippen molar-refractivity contribution in [2.45, 2.75) is 12.5 Å². The van der Waals surface area contributed by atoms with Crippen LogP contribution >= 0.6 is 0 Å². The summed E-state index contributed by atoms with van der Waals surface area (Å²) in [5, 5.41) is 9.45. The van der Waals surface area contributed by atoms with Crippen LogP contribution in [0.1, 0.15) is 11.1 Å². The number of carbonyl (C=O) groups is 1. The average Bonchev–Trinajstić information content (AvgIpc) is 2.88. The van der Waals surface area contributed by atoms with Crippen molar-refractivity contribution < 1.29 is 38.3 Å². The SMILES string of the molecule is Cc1cccc(C2(OCC(=O)O)COc3ccccc3OCCOCCOc3ccccc3OC2)c1. The van der Waals surface area contributed by atoms with Crippen LogP contribution in [0, 0.1) is 6.92 Å². The molecule has 0 saturated heterocycles. The van der Waals surface area contributed by atoms with E-state index in [4.69, 9.17) is 28.4 Å². The molecule has 0 fully saturated rings. The Bertz CT molecular complexity index is 1090. The molecule has 3 aromatic carbocycles. The molecule has 3 aromatic rings. The molecule has 0 unspecified atom stereocenters. The fraction of sp³-hybridized carbons (Fsp3) is 0.321. The van der Waals surface area contributed by atoms with Gasteiger partial charge in [-0.3, -0.25) is 0 Å². The summed E-state index contributed by atoms with van der Waals surface area (Å²) in [6.45, 7) is 2.80. The Morgan fingerprint density at radius 3 is 1.81 bits per heavy atom. The number of carboxylic acids is 1. The van der Waals surface area contributed by atoms with Crippen LogP contribution in [0.2, 0.25) is 0 Å². The van der Waals surface area contributed by atoms with Gasteiger partial charge >= 0.3 is 5.97 Å². The zero-order valence-electron chi connectivity index (χ0n) is 20.2.